The fraction of sp³-hybridized carbons (Fsp3) is 0.455. The van der Waals surface area contributed by atoms with Crippen LogP contribution in [0.3, 0.4) is 0 Å². The Labute approximate surface area is 93.3 Å². The molecule has 0 saturated heterocycles. The van der Waals surface area contributed by atoms with Crippen LogP contribution in [-0.2, 0) is 4.79 Å². The summed E-state index contributed by atoms with van der Waals surface area (Å²) in [7, 11) is 0. The number of rotatable bonds is 5. The SMILES string of the molecule is O=C(NCCNc1cccc(F)n1)C1CC1. The van der Waals surface area contributed by atoms with Crippen molar-refractivity contribution >= 4 is 11.7 Å². The van der Waals surface area contributed by atoms with Crippen LogP contribution in [0.2, 0.25) is 0 Å². The molecule has 1 aliphatic rings. The standard InChI is InChI=1S/C11H14FN3O/c12-9-2-1-3-10(15-9)13-6-7-14-11(16)8-4-5-8/h1-3,8H,4-7H2,(H,13,15)(H,14,16). The fourth-order valence-electron chi connectivity index (χ4n) is 1.37. The molecule has 5 heteroatoms. The quantitative estimate of drug-likeness (QED) is 0.581. The van der Waals surface area contributed by atoms with Crippen molar-refractivity contribution in [2.45, 2.75) is 12.8 Å². The Morgan fingerprint density at radius 3 is 2.94 bits per heavy atom. The van der Waals surface area contributed by atoms with Crippen LogP contribution in [0, 0.1) is 11.9 Å². The maximum atomic E-state index is 12.7. The molecule has 1 heterocycles. The van der Waals surface area contributed by atoms with Crippen LogP contribution in [-0.4, -0.2) is 24.0 Å². The largest absolute Gasteiger partial charge is 0.368 e. The number of nitrogens with zero attached hydrogens (tertiary/aromatic N) is 1. The van der Waals surface area contributed by atoms with E-state index < -0.39 is 5.95 Å². The van der Waals surface area contributed by atoms with Crippen LogP contribution in [0.1, 0.15) is 12.8 Å². The molecule has 1 aromatic heterocycles. The third kappa shape index (κ3) is 3.18. The molecule has 2 rings (SSSR count). The van der Waals surface area contributed by atoms with Crippen molar-refractivity contribution in [1.82, 2.24) is 10.3 Å². The number of anilines is 1. The zero-order valence-electron chi connectivity index (χ0n) is 8.87. The third-order valence-corrected chi connectivity index (χ3v) is 2.39. The second-order valence-electron chi connectivity index (χ2n) is 3.84. The van der Waals surface area contributed by atoms with E-state index in [4.69, 9.17) is 0 Å². The van der Waals surface area contributed by atoms with E-state index in [1.54, 1.807) is 12.1 Å². The van der Waals surface area contributed by atoms with Gasteiger partial charge in [0.25, 0.3) is 0 Å². The van der Waals surface area contributed by atoms with E-state index in [1.807, 2.05) is 0 Å². The summed E-state index contributed by atoms with van der Waals surface area (Å²) in [5.41, 5.74) is 0. The highest BCUT2D eigenvalue weighted by Gasteiger charge is 2.28. The highest BCUT2D eigenvalue weighted by Crippen LogP contribution is 2.28. The first-order chi connectivity index (χ1) is 7.75. The minimum Gasteiger partial charge on any atom is -0.368 e. The molecule has 1 fully saturated rings. The molecule has 0 atom stereocenters. The lowest BCUT2D eigenvalue weighted by atomic mass is 10.4. The van der Waals surface area contributed by atoms with Gasteiger partial charge in [0.15, 0.2) is 0 Å². The number of carbonyl (C=O) groups excluding carboxylic acids is 1. The molecule has 0 bridgehead atoms. The van der Waals surface area contributed by atoms with Gasteiger partial charge in [-0.3, -0.25) is 4.79 Å². The van der Waals surface area contributed by atoms with Gasteiger partial charge in [-0.25, -0.2) is 4.98 Å². The molecule has 0 spiro atoms. The lowest BCUT2D eigenvalue weighted by Crippen LogP contribution is -2.29. The Bertz CT molecular complexity index is 379. The molecule has 16 heavy (non-hydrogen) atoms. The zero-order chi connectivity index (χ0) is 11.4. The molecule has 0 radical (unpaired) electrons. The molecule has 86 valence electrons. The molecule has 2 N–H and O–H groups in total. The van der Waals surface area contributed by atoms with Crippen molar-refractivity contribution in [3.8, 4) is 0 Å². The monoisotopic (exact) mass is 223 g/mol. The molecule has 1 amide bonds. The van der Waals surface area contributed by atoms with Crippen molar-refractivity contribution in [1.29, 1.82) is 0 Å². The highest BCUT2D eigenvalue weighted by atomic mass is 19.1. The Morgan fingerprint density at radius 2 is 2.25 bits per heavy atom. The van der Waals surface area contributed by atoms with Gasteiger partial charge < -0.3 is 10.6 Å². The molecule has 1 aromatic rings. The van der Waals surface area contributed by atoms with Gasteiger partial charge in [-0.1, -0.05) is 6.07 Å². The first-order valence-corrected chi connectivity index (χ1v) is 5.40. The molecular formula is C11H14FN3O. The highest BCUT2D eigenvalue weighted by molar-refractivity contribution is 5.80. The van der Waals surface area contributed by atoms with Crippen LogP contribution in [0.15, 0.2) is 18.2 Å². The summed E-state index contributed by atoms with van der Waals surface area (Å²) in [4.78, 5) is 14.9. The minimum atomic E-state index is -0.507. The van der Waals surface area contributed by atoms with E-state index in [1.165, 1.54) is 6.07 Å². The topological polar surface area (TPSA) is 54.0 Å². The van der Waals surface area contributed by atoms with Crippen LogP contribution in [0.4, 0.5) is 10.2 Å². The van der Waals surface area contributed by atoms with E-state index in [0.29, 0.717) is 18.9 Å². The van der Waals surface area contributed by atoms with E-state index in [-0.39, 0.29) is 11.8 Å². The predicted octanol–water partition coefficient (Wildman–Crippen LogP) is 1.16. The number of aromatic nitrogens is 1. The van der Waals surface area contributed by atoms with Crippen LogP contribution < -0.4 is 10.6 Å². The van der Waals surface area contributed by atoms with Gasteiger partial charge >= 0.3 is 0 Å². The fourth-order valence-corrected chi connectivity index (χ4v) is 1.37. The number of pyridine rings is 1. The number of carbonyl (C=O) groups is 1. The van der Waals surface area contributed by atoms with Crippen molar-refractivity contribution in [2.24, 2.45) is 5.92 Å². The maximum absolute atomic E-state index is 12.7. The van der Waals surface area contributed by atoms with Crippen molar-refractivity contribution in [3.05, 3.63) is 24.1 Å². The number of amides is 1. The molecular weight excluding hydrogens is 209 g/mol. The van der Waals surface area contributed by atoms with Gasteiger partial charge in [0.05, 0.1) is 0 Å². The summed E-state index contributed by atoms with van der Waals surface area (Å²) in [5, 5.41) is 5.74. The summed E-state index contributed by atoms with van der Waals surface area (Å²) in [5.74, 6) is 0.328. The summed E-state index contributed by atoms with van der Waals surface area (Å²) in [6.45, 7) is 1.09. The second kappa shape index (κ2) is 4.92. The molecule has 1 aliphatic carbocycles. The number of halogens is 1. The van der Waals surface area contributed by atoms with E-state index in [9.17, 15) is 9.18 Å². The van der Waals surface area contributed by atoms with Crippen LogP contribution in [0.5, 0.6) is 0 Å². The summed E-state index contributed by atoms with van der Waals surface area (Å²) in [6.07, 6.45) is 2.01. The third-order valence-electron chi connectivity index (χ3n) is 2.39. The lowest BCUT2D eigenvalue weighted by molar-refractivity contribution is -0.122. The number of nitrogens with one attached hydrogen (secondary N) is 2. The predicted molar refractivity (Wildman–Crippen MR) is 58.4 cm³/mol. The molecule has 0 aromatic carbocycles. The normalized spacial score (nSPS) is 14.6. The van der Waals surface area contributed by atoms with Gasteiger partial charge in [0.2, 0.25) is 11.9 Å². The van der Waals surface area contributed by atoms with Gasteiger partial charge in [-0.15, -0.1) is 0 Å². The molecule has 4 nitrogen and oxygen atoms in total. The summed E-state index contributed by atoms with van der Waals surface area (Å²) >= 11 is 0. The summed E-state index contributed by atoms with van der Waals surface area (Å²) in [6, 6.07) is 4.57. The lowest BCUT2D eigenvalue weighted by Gasteiger charge is -2.06. The smallest absolute Gasteiger partial charge is 0.223 e. The average molecular weight is 223 g/mol. The average Bonchev–Trinajstić information content (AvgIpc) is 3.08. The van der Waals surface area contributed by atoms with Gasteiger partial charge in [0, 0.05) is 19.0 Å². The van der Waals surface area contributed by atoms with Crippen molar-refractivity contribution in [3.63, 3.8) is 0 Å². The van der Waals surface area contributed by atoms with Crippen molar-refractivity contribution < 1.29 is 9.18 Å². The van der Waals surface area contributed by atoms with E-state index >= 15 is 0 Å². The Hall–Kier alpha value is -1.65. The van der Waals surface area contributed by atoms with Gasteiger partial charge in [-0.05, 0) is 25.0 Å². The van der Waals surface area contributed by atoms with E-state index in [2.05, 4.69) is 15.6 Å². The molecule has 0 unspecified atom stereocenters. The van der Waals surface area contributed by atoms with Crippen LogP contribution >= 0.6 is 0 Å². The second-order valence-corrected chi connectivity index (χ2v) is 3.84. The minimum absolute atomic E-state index is 0.119. The van der Waals surface area contributed by atoms with Crippen LogP contribution in [0.25, 0.3) is 0 Å². The molecule has 1 saturated carbocycles. The van der Waals surface area contributed by atoms with Gasteiger partial charge in [0.1, 0.15) is 5.82 Å². The first-order valence-electron chi connectivity index (χ1n) is 5.40. The van der Waals surface area contributed by atoms with Gasteiger partial charge in [-0.2, -0.15) is 4.39 Å². The number of hydrogen-bond acceptors (Lipinski definition) is 3. The number of hydrogen-bond donors (Lipinski definition) is 2. The Balaban J connectivity index is 1.65. The summed E-state index contributed by atoms with van der Waals surface area (Å²) < 4.78 is 12.7. The first kappa shape index (κ1) is 10.9. The van der Waals surface area contributed by atoms with E-state index in [0.717, 1.165) is 12.8 Å². The Morgan fingerprint density at radius 1 is 1.44 bits per heavy atom. The maximum Gasteiger partial charge on any atom is 0.223 e. The van der Waals surface area contributed by atoms with Crippen molar-refractivity contribution in [2.75, 3.05) is 18.4 Å². The Kier molecular flexibility index (Phi) is 3.34. The molecule has 0 aliphatic heterocycles. The zero-order valence-corrected chi connectivity index (χ0v) is 8.87.